The topological polar surface area (TPSA) is 26.0 Å². The lowest BCUT2D eigenvalue weighted by Crippen LogP contribution is -2.56. The summed E-state index contributed by atoms with van der Waals surface area (Å²) in [5.74, 6) is 3.51. The Morgan fingerprint density at radius 1 is 1.10 bits per heavy atom. The van der Waals surface area contributed by atoms with Gasteiger partial charge in [0.25, 0.3) is 0 Å². The Morgan fingerprint density at radius 3 is 2.25 bits per heavy atom. The maximum absolute atomic E-state index is 6.31. The minimum absolute atomic E-state index is 0.381. The van der Waals surface area contributed by atoms with Crippen LogP contribution in [0.5, 0.6) is 0 Å². The summed E-state index contributed by atoms with van der Waals surface area (Å²) in [5, 5.41) is 0. The zero-order valence-electron chi connectivity index (χ0n) is 12.2. The Bertz CT molecular complexity index is 491. The van der Waals surface area contributed by atoms with E-state index >= 15 is 0 Å². The van der Waals surface area contributed by atoms with E-state index in [0.29, 0.717) is 11.5 Å². The van der Waals surface area contributed by atoms with E-state index in [-0.39, 0.29) is 0 Å². The van der Waals surface area contributed by atoms with Crippen molar-refractivity contribution >= 4 is 15.9 Å². The van der Waals surface area contributed by atoms with Crippen LogP contribution in [0.25, 0.3) is 0 Å². The summed E-state index contributed by atoms with van der Waals surface area (Å²) in [6, 6.07) is 9.54. The predicted molar refractivity (Wildman–Crippen MR) is 86.5 cm³/mol. The molecule has 0 aromatic heterocycles. The smallest absolute Gasteiger partial charge is 0.0175 e. The fourth-order valence-electron chi connectivity index (χ4n) is 6.08. The lowest BCUT2D eigenvalue weighted by Gasteiger charge is -2.61. The molecule has 20 heavy (non-hydrogen) atoms. The van der Waals surface area contributed by atoms with Gasteiger partial charge < -0.3 is 5.73 Å². The first-order valence-electron chi connectivity index (χ1n) is 8.09. The fraction of sp³-hybridized carbons (Fsp3) is 0.667. The van der Waals surface area contributed by atoms with Gasteiger partial charge in [-0.2, -0.15) is 0 Å². The van der Waals surface area contributed by atoms with Gasteiger partial charge in [0.15, 0.2) is 0 Å². The Labute approximate surface area is 130 Å². The third-order valence-corrected chi connectivity index (χ3v) is 6.94. The van der Waals surface area contributed by atoms with Crippen molar-refractivity contribution in [3.63, 3.8) is 0 Å². The number of hydrogen-bond donors (Lipinski definition) is 1. The van der Waals surface area contributed by atoms with Gasteiger partial charge in [0.1, 0.15) is 0 Å². The molecule has 108 valence electrons. The van der Waals surface area contributed by atoms with E-state index in [1.807, 2.05) is 0 Å². The molecule has 3 unspecified atom stereocenters. The molecule has 0 saturated heterocycles. The zero-order chi connectivity index (χ0) is 13.9. The van der Waals surface area contributed by atoms with Crippen LogP contribution in [0.2, 0.25) is 0 Å². The molecule has 1 aromatic rings. The molecule has 1 nitrogen and oxygen atoms in total. The van der Waals surface area contributed by atoms with E-state index in [0.717, 1.165) is 23.7 Å². The zero-order valence-corrected chi connectivity index (χ0v) is 13.8. The average Bonchev–Trinajstić information content (AvgIpc) is 2.37. The Balaban J connectivity index is 1.70. The molecule has 2 N–H and O–H groups in total. The summed E-state index contributed by atoms with van der Waals surface area (Å²) in [4.78, 5) is 0. The summed E-state index contributed by atoms with van der Waals surface area (Å²) < 4.78 is 1.19. The summed E-state index contributed by atoms with van der Waals surface area (Å²) >= 11 is 3.57. The van der Waals surface area contributed by atoms with Crippen LogP contribution < -0.4 is 5.73 Å². The molecule has 4 aliphatic carbocycles. The summed E-state index contributed by atoms with van der Waals surface area (Å²) in [7, 11) is 0. The number of nitrogens with two attached hydrogens (primary N) is 1. The standard InChI is InChI=1S/C18H24BrN/c1-11(20)17-13-6-12-7-14(17)10-18(8-12,9-13)15-2-4-16(19)5-3-15/h2-5,11-14,17H,6-10,20H2,1H3. The summed E-state index contributed by atoms with van der Waals surface area (Å²) in [6.45, 7) is 2.24. The van der Waals surface area contributed by atoms with Crippen LogP contribution in [0.4, 0.5) is 0 Å². The minimum atomic E-state index is 0.381. The Kier molecular flexibility index (Phi) is 3.05. The summed E-state index contributed by atoms with van der Waals surface area (Å²) in [6.07, 6.45) is 7.08. The van der Waals surface area contributed by atoms with Gasteiger partial charge in [-0.25, -0.2) is 0 Å². The van der Waals surface area contributed by atoms with Crippen LogP contribution in [0, 0.1) is 23.7 Å². The largest absolute Gasteiger partial charge is 0.328 e. The molecule has 4 bridgehead atoms. The fourth-order valence-corrected chi connectivity index (χ4v) is 6.34. The number of hydrogen-bond acceptors (Lipinski definition) is 1. The van der Waals surface area contributed by atoms with Gasteiger partial charge in [0.2, 0.25) is 0 Å². The van der Waals surface area contributed by atoms with Gasteiger partial charge in [-0.1, -0.05) is 28.1 Å². The molecule has 4 fully saturated rings. The van der Waals surface area contributed by atoms with Crippen LogP contribution >= 0.6 is 15.9 Å². The van der Waals surface area contributed by atoms with Crippen molar-refractivity contribution in [3.05, 3.63) is 34.3 Å². The number of benzene rings is 1. The highest BCUT2D eigenvalue weighted by molar-refractivity contribution is 9.10. The van der Waals surface area contributed by atoms with E-state index in [4.69, 9.17) is 5.73 Å². The second kappa shape index (κ2) is 4.58. The number of rotatable bonds is 2. The van der Waals surface area contributed by atoms with Gasteiger partial charge in [-0.15, -0.1) is 0 Å². The average molecular weight is 334 g/mol. The molecule has 4 saturated carbocycles. The predicted octanol–water partition coefficient (Wildman–Crippen LogP) is 4.49. The van der Waals surface area contributed by atoms with Crippen molar-refractivity contribution in [1.82, 2.24) is 0 Å². The minimum Gasteiger partial charge on any atom is -0.328 e. The quantitative estimate of drug-likeness (QED) is 0.847. The molecule has 2 heteroatoms. The van der Waals surface area contributed by atoms with Gasteiger partial charge in [0.05, 0.1) is 0 Å². The molecular weight excluding hydrogens is 310 g/mol. The lowest BCUT2D eigenvalue weighted by molar-refractivity contribution is -0.0632. The molecule has 5 rings (SSSR count). The van der Waals surface area contributed by atoms with Gasteiger partial charge in [-0.3, -0.25) is 0 Å². The molecule has 0 amide bonds. The van der Waals surface area contributed by atoms with E-state index in [9.17, 15) is 0 Å². The van der Waals surface area contributed by atoms with E-state index < -0.39 is 0 Å². The lowest BCUT2D eigenvalue weighted by atomic mass is 9.44. The molecule has 0 radical (unpaired) electrons. The van der Waals surface area contributed by atoms with Crippen LogP contribution in [0.1, 0.15) is 44.6 Å². The highest BCUT2D eigenvalue weighted by Crippen LogP contribution is 2.63. The van der Waals surface area contributed by atoms with Crippen LogP contribution in [0.15, 0.2) is 28.7 Å². The SMILES string of the molecule is CC(N)C1C2CC3CC1CC(c1ccc(Br)cc1)(C3)C2. The second-order valence-corrected chi connectivity index (χ2v) is 8.61. The normalized spacial score (nSPS) is 43.8. The van der Waals surface area contributed by atoms with Gasteiger partial charge in [0, 0.05) is 10.5 Å². The van der Waals surface area contributed by atoms with Crippen molar-refractivity contribution < 1.29 is 0 Å². The van der Waals surface area contributed by atoms with Crippen LogP contribution in [0.3, 0.4) is 0 Å². The van der Waals surface area contributed by atoms with Crippen molar-refractivity contribution in [3.8, 4) is 0 Å². The van der Waals surface area contributed by atoms with Crippen molar-refractivity contribution in [2.75, 3.05) is 0 Å². The van der Waals surface area contributed by atoms with Crippen LogP contribution in [-0.4, -0.2) is 6.04 Å². The Hall–Kier alpha value is -0.340. The molecule has 0 spiro atoms. The van der Waals surface area contributed by atoms with Crippen molar-refractivity contribution in [2.45, 2.75) is 50.5 Å². The molecule has 3 atom stereocenters. The molecule has 0 heterocycles. The Morgan fingerprint density at radius 2 is 1.70 bits per heavy atom. The van der Waals surface area contributed by atoms with Crippen molar-refractivity contribution in [2.24, 2.45) is 29.4 Å². The van der Waals surface area contributed by atoms with Gasteiger partial charge in [-0.05, 0) is 85.8 Å². The van der Waals surface area contributed by atoms with E-state index in [1.54, 1.807) is 5.56 Å². The highest BCUT2D eigenvalue weighted by atomic mass is 79.9. The first-order valence-corrected chi connectivity index (χ1v) is 8.88. The maximum atomic E-state index is 6.31. The van der Waals surface area contributed by atoms with E-state index in [1.165, 1.54) is 36.6 Å². The summed E-state index contributed by atoms with van der Waals surface area (Å²) in [5.41, 5.74) is 8.37. The molecule has 4 aliphatic rings. The maximum Gasteiger partial charge on any atom is 0.0175 e. The second-order valence-electron chi connectivity index (χ2n) is 7.69. The van der Waals surface area contributed by atoms with Gasteiger partial charge >= 0.3 is 0 Å². The number of halogens is 1. The van der Waals surface area contributed by atoms with Crippen molar-refractivity contribution in [1.29, 1.82) is 0 Å². The first kappa shape index (κ1) is 13.3. The molecular formula is C18H24BrN. The first-order chi connectivity index (χ1) is 9.57. The third kappa shape index (κ3) is 1.91. The monoisotopic (exact) mass is 333 g/mol. The highest BCUT2D eigenvalue weighted by Gasteiger charge is 2.56. The molecule has 1 aromatic carbocycles. The van der Waals surface area contributed by atoms with Crippen LogP contribution in [-0.2, 0) is 5.41 Å². The third-order valence-electron chi connectivity index (χ3n) is 6.41. The van der Waals surface area contributed by atoms with E-state index in [2.05, 4.69) is 47.1 Å². The molecule has 0 aliphatic heterocycles.